The second kappa shape index (κ2) is 8.25. The first-order chi connectivity index (χ1) is 12.1. The molecule has 1 fully saturated rings. The minimum atomic E-state index is -0.193. The summed E-state index contributed by atoms with van der Waals surface area (Å²) < 4.78 is 5.22. The van der Waals surface area contributed by atoms with Crippen molar-refractivity contribution in [2.24, 2.45) is 0 Å². The molecule has 0 bridgehead atoms. The predicted molar refractivity (Wildman–Crippen MR) is 95.3 cm³/mol. The van der Waals surface area contributed by atoms with Crippen molar-refractivity contribution in [3.05, 3.63) is 47.6 Å². The zero-order valence-corrected chi connectivity index (χ0v) is 14.9. The number of pyridine rings is 1. The van der Waals surface area contributed by atoms with E-state index in [9.17, 15) is 4.79 Å². The van der Waals surface area contributed by atoms with Gasteiger partial charge in [0.1, 0.15) is 5.76 Å². The molecule has 0 radical (unpaired) electrons. The van der Waals surface area contributed by atoms with Crippen LogP contribution in [0.3, 0.4) is 0 Å². The van der Waals surface area contributed by atoms with Gasteiger partial charge in [0.15, 0.2) is 5.69 Å². The van der Waals surface area contributed by atoms with Crippen LogP contribution in [0, 0.1) is 0 Å². The maximum absolute atomic E-state index is 12.4. The summed E-state index contributed by atoms with van der Waals surface area (Å²) in [7, 11) is 0. The number of rotatable bonds is 6. The fourth-order valence-electron chi connectivity index (χ4n) is 3.21. The number of nitrogens with zero attached hydrogens (tertiary/aromatic N) is 3. The molecule has 134 valence electrons. The maximum atomic E-state index is 12.4. The fraction of sp³-hybridized carbons (Fsp3) is 0.526. The molecular weight excluding hydrogens is 316 g/mol. The quantitative estimate of drug-likeness (QED) is 0.873. The highest BCUT2D eigenvalue weighted by Gasteiger charge is 2.24. The molecule has 6 heteroatoms. The first-order valence-electron chi connectivity index (χ1n) is 9.04. The Morgan fingerprint density at radius 2 is 2.12 bits per heavy atom. The number of hydrogen-bond acceptors (Lipinski definition) is 5. The number of amides is 1. The van der Waals surface area contributed by atoms with Crippen LogP contribution in [0.1, 0.15) is 66.9 Å². The Labute approximate surface area is 148 Å². The highest BCUT2D eigenvalue weighted by Crippen LogP contribution is 2.23. The standard InChI is InChI=1S/C19H26N4O2/c1-14(2)18-11-16(22-25-18)19(24)21-13-17(15-7-6-8-20-12-15)23-9-4-3-5-10-23/h6-8,11-12,14,17H,3-5,9-10,13H2,1-2H3,(H,21,24). The lowest BCUT2D eigenvalue weighted by molar-refractivity contribution is 0.0915. The maximum Gasteiger partial charge on any atom is 0.273 e. The zero-order chi connectivity index (χ0) is 17.6. The van der Waals surface area contributed by atoms with E-state index in [0.717, 1.165) is 24.4 Å². The van der Waals surface area contributed by atoms with Crippen LogP contribution >= 0.6 is 0 Å². The monoisotopic (exact) mass is 342 g/mol. The van der Waals surface area contributed by atoms with Crippen LogP contribution < -0.4 is 5.32 Å². The van der Waals surface area contributed by atoms with Gasteiger partial charge in [0, 0.05) is 30.9 Å². The Balaban J connectivity index is 1.68. The number of carbonyl (C=O) groups excluding carboxylic acids is 1. The first kappa shape index (κ1) is 17.6. The van der Waals surface area contributed by atoms with Crippen LogP contribution in [-0.2, 0) is 0 Å². The van der Waals surface area contributed by atoms with Crippen molar-refractivity contribution < 1.29 is 9.32 Å². The molecular formula is C19H26N4O2. The Morgan fingerprint density at radius 1 is 1.32 bits per heavy atom. The van der Waals surface area contributed by atoms with E-state index < -0.39 is 0 Å². The van der Waals surface area contributed by atoms with Gasteiger partial charge in [0.05, 0.1) is 6.04 Å². The molecule has 0 saturated carbocycles. The van der Waals surface area contributed by atoms with Gasteiger partial charge < -0.3 is 9.84 Å². The molecule has 0 aromatic carbocycles. The van der Waals surface area contributed by atoms with E-state index >= 15 is 0 Å². The van der Waals surface area contributed by atoms with Crippen molar-refractivity contribution in [1.82, 2.24) is 20.4 Å². The predicted octanol–water partition coefficient (Wildman–Crippen LogP) is 3.15. The van der Waals surface area contributed by atoms with Crippen LogP contribution in [0.5, 0.6) is 0 Å². The molecule has 1 amide bonds. The molecule has 3 heterocycles. The Bertz CT molecular complexity index is 678. The summed E-state index contributed by atoms with van der Waals surface area (Å²) in [5, 5.41) is 6.90. The van der Waals surface area contributed by atoms with Gasteiger partial charge in [-0.2, -0.15) is 0 Å². The SMILES string of the molecule is CC(C)c1cc(C(=O)NCC(c2cccnc2)N2CCCCC2)no1. The molecule has 1 unspecified atom stereocenters. The second-order valence-electron chi connectivity index (χ2n) is 6.88. The van der Waals surface area contributed by atoms with Crippen LogP contribution in [0.4, 0.5) is 0 Å². The molecule has 3 rings (SSSR count). The van der Waals surface area contributed by atoms with Gasteiger partial charge in [-0.3, -0.25) is 14.7 Å². The number of nitrogens with one attached hydrogen (secondary N) is 1. The molecule has 25 heavy (non-hydrogen) atoms. The molecule has 1 aliphatic rings. The van der Waals surface area contributed by atoms with E-state index in [-0.39, 0.29) is 17.9 Å². The minimum absolute atomic E-state index is 0.134. The third-order valence-electron chi connectivity index (χ3n) is 4.69. The van der Waals surface area contributed by atoms with Crippen molar-refractivity contribution in [1.29, 1.82) is 0 Å². The van der Waals surface area contributed by atoms with Gasteiger partial charge in [-0.25, -0.2) is 0 Å². The van der Waals surface area contributed by atoms with Gasteiger partial charge in [0.2, 0.25) is 0 Å². The normalized spacial score (nSPS) is 16.8. The van der Waals surface area contributed by atoms with Crippen molar-refractivity contribution in [2.45, 2.75) is 45.1 Å². The number of hydrogen-bond donors (Lipinski definition) is 1. The lowest BCUT2D eigenvalue weighted by Crippen LogP contribution is -2.40. The summed E-state index contributed by atoms with van der Waals surface area (Å²) in [6.45, 7) is 6.66. The average Bonchev–Trinajstić information content (AvgIpc) is 3.14. The smallest absolute Gasteiger partial charge is 0.273 e. The van der Waals surface area contributed by atoms with E-state index in [0.29, 0.717) is 12.2 Å². The number of likely N-dealkylation sites (tertiary alicyclic amines) is 1. The second-order valence-corrected chi connectivity index (χ2v) is 6.88. The Kier molecular flexibility index (Phi) is 5.81. The summed E-state index contributed by atoms with van der Waals surface area (Å²) in [5.41, 5.74) is 1.47. The van der Waals surface area contributed by atoms with Crippen molar-refractivity contribution in [3.63, 3.8) is 0 Å². The van der Waals surface area contributed by atoms with E-state index in [1.165, 1.54) is 19.3 Å². The van der Waals surface area contributed by atoms with Crippen molar-refractivity contribution in [2.75, 3.05) is 19.6 Å². The number of piperidine rings is 1. The molecule has 0 spiro atoms. The van der Waals surface area contributed by atoms with Gasteiger partial charge in [-0.05, 0) is 37.6 Å². The summed E-state index contributed by atoms with van der Waals surface area (Å²) in [6.07, 6.45) is 7.34. The Morgan fingerprint density at radius 3 is 2.76 bits per heavy atom. The summed E-state index contributed by atoms with van der Waals surface area (Å²) >= 11 is 0. The lowest BCUT2D eigenvalue weighted by atomic mass is 10.0. The first-order valence-corrected chi connectivity index (χ1v) is 9.04. The van der Waals surface area contributed by atoms with Gasteiger partial charge in [-0.1, -0.05) is 31.5 Å². The topological polar surface area (TPSA) is 71.3 Å². The van der Waals surface area contributed by atoms with Gasteiger partial charge in [0.25, 0.3) is 5.91 Å². The largest absolute Gasteiger partial charge is 0.360 e. The molecule has 1 saturated heterocycles. The van der Waals surface area contributed by atoms with Gasteiger partial charge in [-0.15, -0.1) is 0 Å². The minimum Gasteiger partial charge on any atom is -0.360 e. The number of aromatic nitrogens is 2. The summed E-state index contributed by atoms with van der Waals surface area (Å²) in [5.74, 6) is 0.747. The summed E-state index contributed by atoms with van der Waals surface area (Å²) in [4.78, 5) is 19.1. The van der Waals surface area contributed by atoms with Crippen LogP contribution in [0.15, 0.2) is 35.1 Å². The van der Waals surface area contributed by atoms with Crippen molar-refractivity contribution >= 4 is 5.91 Å². The van der Waals surface area contributed by atoms with Gasteiger partial charge >= 0.3 is 0 Å². The summed E-state index contributed by atoms with van der Waals surface area (Å²) in [6, 6.07) is 5.88. The van der Waals surface area contributed by atoms with E-state index in [4.69, 9.17) is 4.52 Å². The fourth-order valence-corrected chi connectivity index (χ4v) is 3.21. The molecule has 1 N–H and O–H groups in total. The molecule has 1 aliphatic heterocycles. The number of carbonyl (C=O) groups is 1. The zero-order valence-electron chi connectivity index (χ0n) is 14.9. The molecule has 1 atom stereocenters. The van der Waals surface area contributed by atoms with Crippen LogP contribution in [0.2, 0.25) is 0 Å². The van der Waals surface area contributed by atoms with E-state index in [1.807, 2.05) is 26.1 Å². The average molecular weight is 342 g/mol. The van der Waals surface area contributed by atoms with Crippen LogP contribution in [-0.4, -0.2) is 40.6 Å². The lowest BCUT2D eigenvalue weighted by Gasteiger charge is -2.34. The third kappa shape index (κ3) is 4.45. The van der Waals surface area contributed by atoms with Crippen molar-refractivity contribution in [3.8, 4) is 0 Å². The molecule has 2 aromatic heterocycles. The highest BCUT2D eigenvalue weighted by atomic mass is 16.5. The molecule has 2 aromatic rings. The Hall–Kier alpha value is -2.21. The third-order valence-corrected chi connectivity index (χ3v) is 4.69. The van der Waals surface area contributed by atoms with Crippen LogP contribution in [0.25, 0.3) is 0 Å². The molecule has 6 nitrogen and oxygen atoms in total. The molecule has 0 aliphatic carbocycles. The van der Waals surface area contributed by atoms with E-state index in [1.54, 1.807) is 12.3 Å². The van der Waals surface area contributed by atoms with E-state index in [2.05, 4.69) is 26.4 Å². The highest BCUT2D eigenvalue weighted by molar-refractivity contribution is 5.92.